The van der Waals surface area contributed by atoms with Crippen molar-refractivity contribution in [3.8, 4) is 0 Å². The monoisotopic (exact) mass is 459 g/mol. The molecule has 0 aliphatic rings. The van der Waals surface area contributed by atoms with E-state index in [2.05, 4.69) is 64.2 Å². The number of rotatable bonds is 9. The second-order valence-corrected chi connectivity index (χ2v) is 9.47. The first-order chi connectivity index (χ1) is 16.3. The van der Waals surface area contributed by atoms with E-state index in [1.165, 1.54) is 0 Å². The van der Waals surface area contributed by atoms with Crippen LogP contribution < -0.4 is 5.56 Å². The maximum Gasteiger partial charge on any atom is 0.252 e. The van der Waals surface area contributed by atoms with Crippen molar-refractivity contribution in [3.05, 3.63) is 81.7 Å². The molecule has 3 aromatic heterocycles. The first-order valence-electron chi connectivity index (χ1n) is 11.9. The summed E-state index contributed by atoms with van der Waals surface area (Å²) >= 11 is 0. The second-order valence-electron chi connectivity index (χ2n) is 9.47. The highest BCUT2D eigenvalue weighted by Gasteiger charge is 2.31. The van der Waals surface area contributed by atoms with Gasteiger partial charge in [-0.3, -0.25) is 14.7 Å². The lowest BCUT2D eigenvalue weighted by atomic mass is 10.0. The molecule has 4 rings (SSSR count). The number of aromatic nitrogens is 6. The number of hydrogen-bond acceptors (Lipinski definition) is 6. The van der Waals surface area contributed by atoms with Crippen LogP contribution in [0, 0.1) is 6.92 Å². The molecule has 0 aliphatic heterocycles. The highest BCUT2D eigenvalue weighted by molar-refractivity contribution is 5.81. The van der Waals surface area contributed by atoms with Crippen LogP contribution in [0.15, 0.2) is 53.6 Å². The summed E-state index contributed by atoms with van der Waals surface area (Å²) in [6.07, 6.45) is 5.33. The van der Waals surface area contributed by atoms with E-state index in [1.54, 1.807) is 6.20 Å². The molecular weight excluding hydrogens is 426 g/mol. The third-order valence-electron chi connectivity index (χ3n) is 6.70. The highest BCUT2D eigenvalue weighted by atomic mass is 16.1. The van der Waals surface area contributed by atoms with Gasteiger partial charge in [0, 0.05) is 31.0 Å². The summed E-state index contributed by atoms with van der Waals surface area (Å²) in [7, 11) is 0. The number of benzene rings is 1. The van der Waals surface area contributed by atoms with E-state index >= 15 is 0 Å². The van der Waals surface area contributed by atoms with Gasteiger partial charge in [0.05, 0.1) is 17.1 Å². The fraction of sp³-hybridized carbons (Fsp3) is 0.423. The van der Waals surface area contributed by atoms with Crippen LogP contribution in [0.3, 0.4) is 0 Å². The third kappa shape index (κ3) is 4.77. The van der Waals surface area contributed by atoms with Crippen molar-refractivity contribution in [2.45, 2.75) is 72.1 Å². The van der Waals surface area contributed by atoms with Crippen LogP contribution in [0.5, 0.6) is 0 Å². The van der Waals surface area contributed by atoms with Gasteiger partial charge in [-0.2, -0.15) is 0 Å². The van der Waals surface area contributed by atoms with Gasteiger partial charge in [0.1, 0.15) is 0 Å². The number of aryl methyl sites for hydroxylation is 1. The summed E-state index contributed by atoms with van der Waals surface area (Å²) in [5, 5.41) is 13.8. The molecule has 0 saturated heterocycles. The van der Waals surface area contributed by atoms with Gasteiger partial charge in [-0.05, 0) is 72.7 Å². The van der Waals surface area contributed by atoms with Crippen molar-refractivity contribution in [1.29, 1.82) is 0 Å². The van der Waals surface area contributed by atoms with Gasteiger partial charge >= 0.3 is 0 Å². The molecule has 4 aromatic rings. The second kappa shape index (κ2) is 9.85. The van der Waals surface area contributed by atoms with Crippen LogP contribution in [-0.2, 0) is 18.6 Å². The van der Waals surface area contributed by atoms with Crippen LogP contribution in [0.2, 0.25) is 0 Å². The molecule has 0 amide bonds. The third-order valence-corrected chi connectivity index (χ3v) is 6.70. The number of para-hydroxylation sites is 1. The molecule has 3 heterocycles. The van der Waals surface area contributed by atoms with E-state index in [0.29, 0.717) is 18.7 Å². The predicted octanol–water partition coefficient (Wildman–Crippen LogP) is 4.52. The molecule has 8 heteroatoms. The lowest BCUT2D eigenvalue weighted by Gasteiger charge is -2.33. The van der Waals surface area contributed by atoms with Crippen LogP contribution in [0.4, 0.5) is 0 Å². The number of fused-ring (bicyclic) bond motifs is 1. The molecule has 0 radical (unpaired) electrons. The molecule has 1 atom stereocenters. The summed E-state index contributed by atoms with van der Waals surface area (Å²) in [5.41, 5.74) is 3.44. The van der Waals surface area contributed by atoms with Gasteiger partial charge in [-0.1, -0.05) is 38.1 Å². The zero-order valence-corrected chi connectivity index (χ0v) is 20.6. The Morgan fingerprint density at radius 3 is 2.68 bits per heavy atom. The number of tetrazole rings is 1. The van der Waals surface area contributed by atoms with E-state index in [4.69, 9.17) is 0 Å². The summed E-state index contributed by atoms with van der Waals surface area (Å²) in [4.78, 5) is 22.8. The number of H-pyrrole nitrogens is 1. The average Bonchev–Trinajstić information content (AvgIpc) is 3.32. The van der Waals surface area contributed by atoms with Gasteiger partial charge in [0.2, 0.25) is 0 Å². The molecule has 0 saturated carbocycles. The normalized spacial score (nSPS) is 13.0. The Labute approximate surface area is 200 Å². The molecule has 0 bridgehead atoms. The number of nitrogens with zero attached hydrogens (tertiary/aromatic N) is 6. The number of hydrogen-bond donors (Lipinski definition) is 1. The molecule has 1 aromatic carbocycles. The van der Waals surface area contributed by atoms with Crippen molar-refractivity contribution in [2.75, 3.05) is 0 Å². The van der Waals surface area contributed by atoms with Gasteiger partial charge < -0.3 is 4.98 Å². The standard InChI is InChI=1S/C26H33N7O/c1-6-22(24-29-30-31-33(24)26(4,5)7-2)32(16-19-11-9-13-27-15-19)17-21-14-20-12-8-10-18(3)23(20)28-25(21)34/h8-15,22H,6-7,16-17H2,1-5H3,(H,28,34)/t22-/m0/s1. The highest BCUT2D eigenvalue weighted by Crippen LogP contribution is 2.30. The van der Waals surface area contributed by atoms with Gasteiger partial charge in [0.15, 0.2) is 5.82 Å². The van der Waals surface area contributed by atoms with Crippen LogP contribution in [-0.4, -0.2) is 35.1 Å². The number of aromatic amines is 1. The smallest absolute Gasteiger partial charge is 0.252 e. The van der Waals surface area contributed by atoms with E-state index in [-0.39, 0.29) is 17.1 Å². The summed E-state index contributed by atoms with van der Waals surface area (Å²) < 4.78 is 1.94. The molecule has 178 valence electrons. The zero-order valence-electron chi connectivity index (χ0n) is 20.6. The SMILES string of the molecule is CC[C@@H](c1nnnn1C(C)(C)CC)N(Cc1cccnc1)Cc1cc2cccc(C)c2[nH]c1=O. The molecule has 0 unspecified atom stereocenters. The molecule has 34 heavy (non-hydrogen) atoms. The minimum atomic E-state index is -0.218. The van der Waals surface area contributed by atoms with E-state index in [0.717, 1.165) is 40.7 Å². The van der Waals surface area contributed by atoms with Gasteiger partial charge in [0.25, 0.3) is 5.56 Å². The minimum absolute atomic E-state index is 0.0682. The van der Waals surface area contributed by atoms with E-state index < -0.39 is 0 Å². The Kier molecular flexibility index (Phi) is 6.88. The number of nitrogens with one attached hydrogen (secondary N) is 1. The van der Waals surface area contributed by atoms with E-state index in [1.807, 2.05) is 48.1 Å². The van der Waals surface area contributed by atoms with Crippen LogP contribution >= 0.6 is 0 Å². The van der Waals surface area contributed by atoms with Crippen molar-refractivity contribution < 1.29 is 0 Å². The van der Waals surface area contributed by atoms with Crippen molar-refractivity contribution in [3.63, 3.8) is 0 Å². The zero-order chi connectivity index (χ0) is 24.3. The van der Waals surface area contributed by atoms with E-state index in [9.17, 15) is 4.79 Å². The quantitative estimate of drug-likeness (QED) is 0.396. The minimum Gasteiger partial charge on any atom is -0.321 e. The predicted molar refractivity (Wildman–Crippen MR) is 133 cm³/mol. The molecule has 1 N–H and O–H groups in total. The summed E-state index contributed by atoms with van der Waals surface area (Å²) in [6, 6.07) is 12.0. The number of pyridine rings is 2. The maximum absolute atomic E-state index is 13.1. The first-order valence-corrected chi connectivity index (χ1v) is 11.9. The molecule has 0 fully saturated rings. The van der Waals surface area contributed by atoms with Gasteiger partial charge in [-0.15, -0.1) is 5.10 Å². The maximum atomic E-state index is 13.1. The Morgan fingerprint density at radius 1 is 1.15 bits per heavy atom. The Hall–Kier alpha value is -3.39. The van der Waals surface area contributed by atoms with Crippen LogP contribution in [0.1, 0.15) is 69.1 Å². The molecular formula is C26H33N7O. The van der Waals surface area contributed by atoms with Gasteiger partial charge in [-0.25, -0.2) is 4.68 Å². The average molecular weight is 460 g/mol. The topological polar surface area (TPSA) is 92.6 Å². The van der Waals surface area contributed by atoms with Crippen molar-refractivity contribution in [1.82, 2.24) is 35.1 Å². The largest absolute Gasteiger partial charge is 0.321 e. The summed E-state index contributed by atoms with van der Waals surface area (Å²) in [5.74, 6) is 0.811. The molecule has 0 spiro atoms. The summed E-state index contributed by atoms with van der Waals surface area (Å²) in [6.45, 7) is 11.6. The molecule has 8 nitrogen and oxygen atoms in total. The Morgan fingerprint density at radius 2 is 1.97 bits per heavy atom. The Bertz CT molecular complexity index is 1310. The molecule has 0 aliphatic carbocycles. The van der Waals surface area contributed by atoms with Crippen molar-refractivity contribution in [2.24, 2.45) is 0 Å². The fourth-order valence-electron chi connectivity index (χ4n) is 4.35. The van der Waals surface area contributed by atoms with Crippen molar-refractivity contribution >= 4 is 10.9 Å². The Balaban J connectivity index is 1.77. The first kappa shape index (κ1) is 23.8. The van der Waals surface area contributed by atoms with Crippen LogP contribution in [0.25, 0.3) is 10.9 Å². The fourth-order valence-corrected chi connectivity index (χ4v) is 4.35. The lowest BCUT2D eigenvalue weighted by Crippen LogP contribution is -2.36. The lowest BCUT2D eigenvalue weighted by molar-refractivity contribution is 0.150.